The van der Waals surface area contributed by atoms with Gasteiger partial charge in [-0.25, -0.2) is 0 Å². The number of benzene rings is 1. The van der Waals surface area contributed by atoms with Crippen molar-refractivity contribution in [2.24, 2.45) is 5.92 Å². The van der Waals surface area contributed by atoms with Gasteiger partial charge in [-0.15, -0.1) is 0 Å². The Labute approximate surface area is 157 Å². The molecule has 7 heteroatoms. The number of anilines is 1. The molecule has 0 radical (unpaired) electrons. The van der Waals surface area contributed by atoms with Crippen LogP contribution in [0.2, 0.25) is 5.02 Å². The molecule has 0 saturated carbocycles. The van der Waals surface area contributed by atoms with Gasteiger partial charge in [0.25, 0.3) is 0 Å². The Hall–Kier alpha value is -2.60. The minimum absolute atomic E-state index is 0.115. The molecule has 1 aliphatic heterocycles. The lowest BCUT2D eigenvalue weighted by Crippen LogP contribution is -2.34. The number of methoxy groups -OCH3 is 1. The van der Waals surface area contributed by atoms with Gasteiger partial charge in [0.15, 0.2) is 0 Å². The van der Waals surface area contributed by atoms with E-state index < -0.39 is 5.92 Å². The molecule has 3 rings (SSSR count). The third-order valence-electron chi connectivity index (χ3n) is 4.33. The average molecular weight is 374 g/mol. The molecule has 1 N–H and O–H groups in total. The summed E-state index contributed by atoms with van der Waals surface area (Å²) in [6.45, 7) is 0.798. The van der Waals surface area contributed by atoms with Gasteiger partial charge in [-0.1, -0.05) is 17.7 Å². The first kappa shape index (κ1) is 18.2. The van der Waals surface area contributed by atoms with Crippen LogP contribution in [-0.4, -0.2) is 37.0 Å². The van der Waals surface area contributed by atoms with Gasteiger partial charge in [-0.3, -0.25) is 14.6 Å². The number of halogens is 1. The number of amides is 2. The topological polar surface area (TPSA) is 71.5 Å². The maximum atomic E-state index is 12.4. The fourth-order valence-electron chi connectivity index (χ4n) is 2.99. The first-order valence-corrected chi connectivity index (χ1v) is 8.78. The molecule has 2 amide bonds. The zero-order valence-corrected chi connectivity index (χ0v) is 15.2. The van der Waals surface area contributed by atoms with Gasteiger partial charge in [0.1, 0.15) is 5.75 Å². The number of nitrogens with zero attached hydrogens (tertiary/aromatic N) is 2. The smallest absolute Gasteiger partial charge is 0.227 e. The molecule has 0 bridgehead atoms. The molecule has 1 fully saturated rings. The summed E-state index contributed by atoms with van der Waals surface area (Å²) < 4.78 is 5.31. The van der Waals surface area contributed by atoms with Gasteiger partial charge in [-0.2, -0.15) is 0 Å². The largest absolute Gasteiger partial charge is 0.495 e. The van der Waals surface area contributed by atoms with Crippen molar-refractivity contribution < 1.29 is 14.3 Å². The Bertz CT molecular complexity index is 798. The molecule has 0 spiro atoms. The molecule has 2 aromatic rings. The molecule has 1 atom stereocenters. The summed E-state index contributed by atoms with van der Waals surface area (Å²) >= 11 is 6.05. The molecule has 1 saturated heterocycles. The number of ether oxygens (including phenoxy) is 1. The monoisotopic (exact) mass is 373 g/mol. The predicted octanol–water partition coefficient (Wildman–Crippen LogP) is 2.46. The summed E-state index contributed by atoms with van der Waals surface area (Å²) in [5, 5.41) is 3.40. The van der Waals surface area contributed by atoms with E-state index in [4.69, 9.17) is 16.3 Å². The van der Waals surface area contributed by atoms with Gasteiger partial charge in [0.2, 0.25) is 11.8 Å². The first-order valence-electron chi connectivity index (χ1n) is 8.40. The Morgan fingerprint density at radius 3 is 2.96 bits per heavy atom. The average Bonchev–Trinajstić information content (AvgIpc) is 3.04. The summed E-state index contributed by atoms with van der Waals surface area (Å²) in [4.78, 5) is 30.6. The lowest BCUT2D eigenvalue weighted by Gasteiger charge is -2.19. The van der Waals surface area contributed by atoms with E-state index in [9.17, 15) is 9.59 Å². The third-order valence-corrected chi connectivity index (χ3v) is 4.57. The highest BCUT2D eigenvalue weighted by Crippen LogP contribution is 2.35. The summed E-state index contributed by atoms with van der Waals surface area (Å²) in [6, 6.07) is 10.8. The molecule has 136 valence electrons. The summed E-state index contributed by atoms with van der Waals surface area (Å²) in [6.07, 6.45) is 2.55. The van der Waals surface area contributed by atoms with Crippen molar-refractivity contribution in [1.82, 2.24) is 10.3 Å². The van der Waals surface area contributed by atoms with Crippen LogP contribution in [0.1, 0.15) is 12.1 Å². The van der Waals surface area contributed by atoms with E-state index in [2.05, 4.69) is 10.3 Å². The van der Waals surface area contributed by atoms with E-state index in [1.54, 1.807) is 29.3 Å². The molecule has 0 unspecified atom stereocenters. The number of carbonyl (C=O) groups is 2. The fourth-order valence-corrected chi connectivity index (χ4v) is 3.16. The lowest BCUT2D eigenvalue weighted by molar-refractivity contribution is -0.126. The summed E-state index contributed by atoms with van der Waals surface area (Å²) in [5.41, 5.74) is 1.51. The van der Waals surface area contributed by atoms with E-state index in [0.29, 0.717) is 36.0 Å². The highest BCUT2D eigenvalue weighted by molar-refractivity contribution is 6.31. The number of pyridine rings is 1. The van der Waals surface area contributed by atoms with Gasteiger partial charge in [-0.05, 0) is 30.3 Å². The van der Waals surface area contributed by atoms with Gasteiger partial charge in [0, 0.05) is 42.8 Å². The number of hydrogen-bond donors (Lipinski definition) is 1. The highest BCUT2D eigenvalue weighted by Gasteiger charge is 2.36. The Balaban J connectivity index is 1.60. The predicted molar refractivity (Wildman–Crippen MR) is 99.4 cm³/mol. The SMILES string of the molecule is COc1ccc(Cl)cc1N1C[C@@H](C(=O)NCCc2ccccn2)CC1=O. The quantitative estimate of drug-likeness (QED) is 0.844. The molecule has 0 aliphatic carbocycles. The van der Waals surface area contributed by atoms with Crippen molar-refractivity contribution in [3.05, 3.63) is 53.3 Å². The lowest BCUT2D eigenvalue weighted by atomic mass is 10.1. The second-order valence-electron chi connectivity index (χ2n) is 6.08. The first-order chi connectivity index (χ1) is 12.6. The van der Waals surface area contributed by atoms with Crippen LogP contribution in [0.25, 0.3) is 0 Å². The number of aromatic nitrogens is 1. The number of hydrogen-bond acceptors (Lipinski definition) is 4. The summed E-state index contributed by atoms with van der Waals surface area (Å²) in [7, 11) is 1.54. The second-order valence-corrected chi connectivity index (χ2v) is 6.52. The molecular weight excluding hydrogens is 354 g/mol. The third kappa shape index (κ3) is 4.14. The van der Waals surface area contributed by atoms with E-state index in [-0.39, 0.29) is 18.2 Å². The van der Waals surface area contributed by atoms with Crippen molar-refractivity contribution >= 4 is 29.1 Å². The van der Waals surface area contributed by atoms with Gasteiger partial charge >= 0.3 is 0 Å². The Kier molecular flexibility index (Phi) is 5.73. The zero-order valence-electron chi connectivity index (χ0n) is 14.4. The fraction of sp³-hybridized carbons (Fsp3) is 0.316. The number of rotatable bonds is 6. The van der Waals surface area contributed by atoms with Crippen LogP contribution in [0, 0.1) is 5.92 Å². The highest BCUT2D eigenvalue weighted by atomic mass is 35.5. The minimum atomic E-state index is -0.394. The van der Waals surface area contributed by atoms with E-state index in [1.807, 2.05) is 18.2 Å². The zero-order chi connectivity index (χ0) is 18.5. The van der Waals surface area contributed by atoms with Crippen LogP contribution in [-0.2, 0) is 16.0 Å². The van der Waals surface area contributed by atoms with Crippen LogP contribution >= 0.6 is 11.6 Å². The maximum Gasteiger partial charge on any atom is 0.227 e. The van der Waals surface area contributed by atoms with Crippen LogP contribution in [0.4, 0.5) is 5.69 Å². The van der Waals surface area contributed by atoms with Gasteiger partial charge in [0.05, 0.1) is 18.7 Å². The standard InChI is InChI=1S/C19H20ClN3O3/c1-26-17-6-5-14(20)11-16(17)23-12-13(10-18(23)24)19(25)22-9-7-15-4-2-3-8-21-15/h2-6,8,11,13H,7,9-10,12H2,1H3,(H,22,25)/t13-/m0/s1. The number of carbonyl (C=O) groups excluding carboxylic acids is 2. The van der Waals surface area contributed by atoms with Crippen molar-refractivity contribution in [3.8, 4) is 5.75 Å². The minimum Gasteiger partial charge on any atom is -0.495 e. The van der Waals surface area contributed by atoms with Crippen molar-refractivity contribution in [3.63, 3.8) is 0 Å². The molecule has 1 aromatic carbocycles. The van der Waals surface area contributed by atoms with Crippen LogP contribution < -0.4 is 15.0 Å². The molecule has 1 aromatic heterocycles. The molecular formula is C19H20ClN3O3. The van der Waals surface area contributed by atoms with Gasteiger partial charge < -0.3 is 15.0 Å². The molecule has 6 nitrogen and oxygen atoms in total. The van der Waals surface area contributed by atoms with E-state index in [1.165, 1.54) is 7.11 Å². The maximum absolute atomic E-state index is 12.4. The van der Waals surface area contributed by atoms with E-state index >= 15 is 0 Å². The van der Waals surface area contributed by atoms with Crippen molar-refractivity contribution in [2.45, 2.75) is 12.8 Å². The van der Waals surface area contributed by atoms with Crippen LogP contribution in [0.5, 0.6) is 5.75 Å². The number of nitrogens with one attached hydrogen (secondary N) is 1. The second kappa shape index (κ2) is 8.19. The van der Waals surface area contributed by atoms with Crippen LogP contribution in [0.3, 0.4) is 0 Å². The van der Waals surface area contributed by atoms with Crippen molar-refractivity contribution in [2.75, 3.05) is 25.1 Å². The molecule has 1 aliphatic rings. The van der Waals surface area contributed by atoms with Crippen molar-refractivity contribution in [1.29, 1.82) is 0 Å². The Morgan fingerprint density at radius 1 is 1.38 bits per heavy atom. The normalized spacial score (nSPS) is 16.6. The summed E-state index contributed by atoms with van der Waals surface area (Å²) in [5.74, 6) is -0.0814. The van der Waals surface area contributed by atoms with E-state index in [0.717, 1.165) is 5.69 Å². The Morgan fingerprint density at radius 2 is 2.23 bits per heavy atom. The van der Waals surface area contributed by atoms with Crippen LogP contribution in [0.15, 0.2) is 42.6 Å². The molecule has 26 heavy (non-hydrogen) atoms. The molecule has 2 heterocycles.